The van der Waals surface area contributed by atoms with Crippen LogP contribution in [0.3, 0.4) is 0 Å². The van der Waals surface area contributed by atoms with Crippen LogP contribution >= 0.6 is 0 Å². The van der Waals surface area contributed by atoms with E-state index in [9.17, 15) is 9.59 Å². The number of aryl methyl sites for hydroxylation is 1. The maximum atomic E-state index is 12.2. The largest absolute Gasteiger partial charge is 0.355 e. The second-order valence-electron chi connectivity index (χ2n) is 6.22. The number of rotatable bonds is 6. The van der Waals surface area contributed by atoms with Gasteiger partial charge in [0.15, 0.2) is 11.5 Å². The lowest BCUT2D eigenvalue weighted by atomic mass is 10.1. The number of hydrogen-bond acceptors (Lipinski definition) is 5. The van der Waals surface area contributed by atoms with Crippen LogP contribution in [-0.2, 0) is 11.8 Å². The van der Waals surface area contributed by atoms with Gasteiger partial charge < -0.3 is 15.2 Å². The minimum absolute atomic E-state index is 0.123. The quantitative estimate of drug-likeness (QED) is 0.694. The molecule has 2 aromatic heterocycles. The minimum atomic E-state index is -0.471. The molecule has 0 saturated heterocycles. The Morgan fingerprint density at radius 3 is 2.67 bits per heavy atom. The van der Waals surface area contributed by atoms with Gasteiger partial charge in [0.2, 0.25) is 5.91 Å². The van der Waals surface area contributed by atoms with Crippen molar-refractivity contribution in [3.8, 4) is 11.3 Å². The molecule has 2 N–H and O–H groups in total. The molecule has 0 fully saturated rings. The van der Waals surface area contributed by atoms with Gasteiger partial charge in [0.05, 0.1) is 18.8 Å². The summed E-state index contributed by atoms with van der Waals surface area (Å²) in [4.78, 5) is 24.3. The lowest BCUT2D eigenvalue weighted by Gasteiger charge is -2.13. The van der Waals surface area contributed by atoms with Crippen LogP contribution in [0.1, 0.15) is 34.7 Å². The number of carbonyl (C=O) groups excluding carboxylic acids is 2. The van der Waals surface area contributed by atoms with E-state index in [0.717, 1.165) is 16.8 Å². The van der Waals surface area contributed by atoms with Crippen molar-refractivity contribution >= 4 is 11.8 Å². The maximum Gasteiger partial charge on any atom is 0.273 e. The molecule has 1 atom stereocenters. The molecular weight excluding hydrogens is 346 g/mol. The van der Waals surface area contributed by atoms with Crippen molar-refractivity contribution < 1.29 is 14.1 Å². The molecule has 0 unspecified atom stereocenters. The second kappa shape index (κ2) is 7.86. The molecule has 8 heteroatoms. The summed E-state index contributed by atoms with van der Waals surface area (Å²) in [6.07, 6.45) is 1.72. The molecule has 0 aliphatic carbocycles. The maximum absolute atomic E-state index is 12.2. The number of amides is 2. The van der Waals surface area contributed by atoms with Gasteiger partial charge in [-0.25, -0.2) is 0 Å². The smallest absolute Gasteiger partial charge is 0.273 e. The topological polar surface area (TPSA) is 102 Å². The zero-order chi connectivity index (χ0) is 19.4. The molecule has 2 heterocycles. The Morgan fingerprint density at radius 1 is 1.26 bits per heavy atom. The molecule has 0 spiro atoms. The highest BCUT2D eigenvalue weighted by Gasteiger charge is 2.17. The first-order valence-corrected chi connectivity index (χ1v) is 8.54. The Morgan fingerprint density at radius 2 is 2.00 bits per heavy atom. The fourth-order valence-corrected chi connectivity index (χ4v) is 2.68. The average Bonchev–Trinajstić information content (AvgIpc) is 3.28. The summed E-state index contributed by atoms with van der Waals surface area (Å²) in [5, 5.41) is 13.3. The van der Waals surface area contributed by atoms with E-state index in [4.69, 9.17) is 4.52 Å². The lowest BCUT2D eigenvalue weighted by Crippen LogP contribution is -2.38. The molecule has 2 amide bonds. The summed E-state index contributed by atoms with van der Waals surface area (Å²) in [7, 11) is 1.84. The summed E-state index contributed by atoms with van der Waals surface area (Å²) in [5.41, 5.74) is 2.85. The molecule has 3 aromatic rings. The molecule has 0 bridgehead atoms. The monoisotopic (exact) mass is 367 g/mol. The van der Waals surface area contributed by atoms with Crippen LogP contribution < -0.4 is 10.6 Å². The van der Waals surface area contributed by atoms with Gasteiger partial charge in [-0.3, -0.25) is 14.3 Å². The van der Waals surface area contributed by atoms with Crippen LogP contribution in [0.15, 0.2) is 47.1 Å². The highest BCUT2D eigenvalue weighted by molar-refractivity contribution is 5.95. The summed E-state index contributed by atoms with van der Waals surface area (Å²) < 4.78 is 6.94. The van der Waals surface area contributed by atoms with Crippen LogP contribution in [0.2, 0.25) is 0 Å². The first-order valence-electron chi connectivity index (χ1n) is 8.54. The van der Waals surface area contributed by atoms with Gasteiger partial charge in [0.25, 0.3) is 5.91 Å². The third kappa shape index (κ3) is 4.22. The van der Waals surface area contributed by atoms with Gasteiger partial charge in [-0.2, -0.15) is 5.10 Å². The fourth-order valence-electron chi connectivity index (χ4n) is 2.68. The third-order valence-electron chi connectivity index (χ3n) is 4.33. The van der Waals surface area contributed by atoms with Crippen molar-refractivity contribution in [3.63, 3.8) is 0 Å². The van der Waals surface area contributed by atoms with Crippen molar-refractivity contribution in [3.05, 3.63) is 59.5 Å². The predicted molar refractivity (Wildman–Crippen MR) is 98.8 cm³/mol. The van der Waals surface area contributed by atoms with Crippen molar-refractivity contribution in [2.24, 2.45) is 7.05 Å². The first-order chi connectivity index (χ1) is 13.0. The fraction of sp³-hybridized carbons (Fsp3) is 0.263. The van der Waals surface area contributed by atoms with Crippen molar-refractivity contribution in [2.75, 3.05) is 6.54 Å². The standard InChI is InChI=1S/C19H21N5O3/c1-12(15-10-21-24(3)13(15)2)22-18(25)11-20-19(26)16-9-17(27-23-16)14-7-5-4-6-8-14/h4-10,12H,11H2,1-3H3,(H,20,26)(H,22,25)/t12-/m1/s1. The second-order valence-corrected chi connectivity index (χ2v) is 6.22. The molecule has 3 rings (SSSR count). The zero-order valence-corrected chi connectivity index (χ0v) is 15.4. The number of benzene rings is 1. The van der Waals surface area contributed by atoms with E-state index in [1.807, 2.05) is 51.2 Å². The third-order valence-corrected chi connectivity index (χ3v) is 4.33. The SMILES string of the molecule is Cc1c([C@@H](C)NC(=O)CNC(=O)c2cc(-c3ccccc3)on2)cnn1C. The van der Waals surface area contributed by atoms with Crippen LogP contribution in [0.4, 0.5) is 0 Å². The first kappa shape index (κ1) is 18.4. The van der Waals surface area contributed by atoms with E-state index in [0.29, 0.717) is 5.76 Å². The molecular formula is C19H21N5O3. The van der Waals surface area contributed by atoms with E-state index in [2.05, 4.69) is 20.9 Å². The highest BCUT2D eigenvalue weighted by atomic mass is 16.5. The van der Waals surface area contributed by atoms with E-state index in [1.54, 1.807) is 16.9 Å². The molecule has 0 radical (unpaired) electrons. The predicted octanol–water partition coefficient (Wildman–Crippen LogP) is 1.99. The number of hydrogen-bond donors (Lipinski definition) is 2. The van der Waals surface area contributed by atoms with E-state index < -0.39 is 5.91 Å². The van der Waals surface area contributed by atoms with Gasteiger partial charge in [-0.05, 0) is 13.8 Å². The molecule has 1 aromatic carbocycles. The van der Waals surface area contributed by atoms with Crippen LogP contribution in [0.25, 0.3) is 11.3 Å². The van der Waals surface area contributed by atoms with E-state index in [1.165, 1.54) is 0 Å². The Bertz CT molecular complexity index is 945. The van der Waals surface area contributed by atoms with E-state index in [-0.39, 0.29) is 24.2 Å². The molecule has 27 heavy (non-hydrogen) atoms. The minimum Gasteiger partial charge on any atom is -0.355 e. The number of aromatic nitrogens is 3. The van der Waals surface area contributed by atoms with Gasteiger partial charge >= 0.3 is 0 Å². The Labute approximate surface area is 156 Å². The Kier molecular flexibility index (Phi) is 5.35. The Hall–Kier alpha value is -3.42. The van der Waals surface area contributed by atoms with Crippen molar-refractivity contribution in [1.29, 1.82) is 0 Å². The molecule has 0 aliphatic heterocycles. The van der Waals surface area contributed by atoms with Gasteiger partial charge in [-0.1, -0.05) is 35.5 Å². The normalized spacial score (nSPS) is 11.8. The molecule has 0 saturated carbocycles. The van der Waals surface area contributed by atoms with Gasteiger partial charge in [0, 0.05) is 29.9 Å². The van der Waals surface area contributed by atoms with Gasteiger partial charge in [-0.15, -0.1) is 0 Å². The van der Waals surface area contributed by atoms with Crippen molar-refractivity contribution in [2.45, 2.75) is 19.9 Å². The lowest BCUT2D eigenvalue weighted by molar-refractivity contribution is -0.120. The van der Waals surface area contributed by atoms with Crippen LogP contribution in [-0.4, -0.2) is 33.3 Å². The molecule has 140 valence electrons. The highest BCUT2D eigenvalue weighted by Crippen LogP contribution is 2.19. The summed E-state index contributed by atoms with van der Waals surface area (Å²) >= 11 is 0. The van der Waals surface area contributed by atoms with Crippen molar-refractivity contribution in [1.82, 2.24) is 25.6 Å². The number of carbonyl (C=O) groups is 2. The number of nitrogens with one attached hydrogen (secondary N) is 2. The summed E-state index contributed by atoms with van der Waals surface area (Å²) in [6.45, 7) is 3.64. The molecule has 0 aliphatic rings. The van der Waals surface area contributed by atoms with Gasteiger partial charge in [0.1, 0.15) is 0 Å². The number of nitrogens with zero attached hydrogens (tertiary/aromatic N) is 3. The van der Waals surface area contributed by atoms with Crippen LogP contribution in [0.5, 0.6) is 0 Å². The van der Waals surface area contributed by atoms with Crippen LogP contribution in [0, 0.1) is 6.92 Å². The average molecular weight is 367 g/mol. The molecule has 8 nitrogen and oxygen atoms in total. The Balaban J connectivity index is 1.54. The summed E-state index contributed by atoms with van der Waals surface area (Å²) in [6, 6.07) is 10.7. The summed E-state index contributed by atoms with van der Waals surface area (Å²) in [5.74, 6) is -0.280. The zero-order valence-electron chi connectivity index (χ0n) is 15.4. The van der Waals surface area contributed by atoms with E-state index >= 15 is 0 Å².